The standard InChI is InChI=1S/C11H12ClN3O/c1-15-6-5-10(14-15)13-7-8-3-2-4-9(12)11(8)16/h2-6,16H,7H2,1H3,(H,13,14). The zero-order valence-electron chi connectivity index (χ0n) is 8.81. The molecular weight excluding hydrogens is 226 g/mol. The molecule has 0 saturated carbocycles. The number of hydrogen-bond donors (Lipinski definition) is 2. The van der Waals surface area contributed by atoms with Gasteiger partial charge in [0.05, 0.1) is 5.02 Å². The number of benzene rings is 1. The van der Waals surface area contributed by atoms with E-state index in [0.717, 1.165) is 11.4 Å². The molecule has 1 aromatic carbocycles. The normalized spacial score (nSPS) is 10.4. The first-order valence-electron chi connectivity index (χ1n) is 4.86. The molecule has 0 aliphatic heterocycles. The van der Waals surface area contributed by atoms with Crippen molar-refractivity contribution in [3.05, 3.63) is 41.0 Å². The number of anilines is 1. The first-order chi connectivity index (χ1) is 7.66. The first-order valence-corrected chi connectivity index (χ1v) is 5.24. The minimum Gasteiger partial charge on any atom is -0.506 e. The summed E-state index contributed by atoms with van der Waals surface area (Å²) in [5.74, 6) is 0.884. The van der Waals surface area contributed by atoms with Crippen molar-refractivity contribution in [3.8, 4) is 5.75 Å². The number of hydrogen-bond acceptors (Lipinski definition) is 3. The van der Waals surface area contributed by atoms with Crippen LogP contribution in [0.25, 0.3) is 0 Å². The highest BCUT2D eigenvalue weighted by atomic mass is 35.5. The Morgan fingerprint density at radius 2 is 2.25 bits per heavy atom. The van der Waals surface area contributed by atoms with E-state index in [1.807, 2.05) is 25.4 Å². The lowest BCUT2D eigenvalue weighted by Crippen LogP contribution is -2.01. The Kier molecular flexibility index (Phi) is 3.01. The number of para-hydroxylation sites is 1. The second kappa shape index (κ2) is 4.45. The Balaban J connectivity index is 2.07. The summed E-state index contributed by atoms with van der Waals surface area (Å²) in [7, 11) is 1.85. The average Bonchev–Trinajstić information content (AvgIpc) is 2.67. The Labute approximate surface area is 98.5 Å². The first kappa shape index (κ1) is 10.8. The zero-order valence-corrected chi connectivity index (χ0v) is 9.57. The van der Waals surface area contributed by atoms with Gasteiger partial charge in [0.1, 0.15) is 11.6 Å². The van der Waals surface area contributed by atoms with Crippen molar-refractivity contribution in [1.29, 1.82) is 0 Å². The molecule has 0 fully saturated rings. The van der Waals surface area contributed by atoms with E-state index in [2.05, 4.69) is 10.4 Å². The Morgan fingerprint density at radius 1 is 1.44 bits per heavy atom. The number of nitrogens with zero attached hydrogens (tertiary/aromatic N) is 2. The topological polar surface area (TPSA) is 50.1 Å². The molecule has 2 rings (SSSR count). The van der Waals surface area contributed by atoms with Crippen LogP contribution in [0, 0.1) is 0 Å². The van der Waals surface area contributed by atoms with Gasteiger partial charge < -0.3 is 10.4 Å². The summed E-state index contributed by atoms with van der Waals surface area (Å²) in [6.45, 7) is 0.489. The van der Waals surface area contributed by atoms with Gasteiger partial charge in [0.25, 0.3) is 0 Å². The highest BCUT2D eigenvalue weighted by Crippen LogP contribution is 2.27. The summed E-state index contributed by atoms with van der Waals surface area (Å²) >= 11 is 5.80. The number of aromatic hydroxyl groups is 1. The van der Waals surface area contributed by atoms with Crippen LogP contribution in [-0.2, 0) is 13.6 Å². The number of aromatic nitrogens is 2. The van der Waals surface area contributed by atoms with Crippen LogP contribution in [0.4, 0.5) is 5.82 Å². The third-order valence-corrected chi connectivity index (χ3v) is 2.55. The van der Waals surface area contributed by atoms with Gasteiger partial charge in [0.2, 0.25) is 0 Å². The molecule has 0 atom stereocenters. The second-order valence-corrected chi connectivity index (χ2v) is 3.88. The molecule has 0 bridgehead atoms. The predicted octanol–water partition coefficient (Wildman–Crippen LogP) is 2.39. The molecule has 84 valence electrons. The quantitative estimate of drug-likeness (QED) is 0.862. The molecule has 0 aliphatic rings. The molecular formula is C11H12ClN3O. The summed E-state index contributed by atoms with van der Waals surface area (Å²) in [6.07, 6.45) is 1.85. The van der Waals surface area contributed by atoms with E-state index in [1.54, 1.807) is 16.8 Å². The number of halogens is 1. The summed E-state index contributed by atoms with van der Waals surface area (Å²) in [4.78, 5) is 0. The van der Waals surface area contributed by atoms with Crippen molar-refractivity contribution in [3.63, 3.8) is 0 Å². The van der Waals surface area contributed by atoms with Gasteiger partial charge in [0.15, 0.2) is 0 Å². The van der Waals surface area contributed by atoms with Gasteiger partial charge in [-0.15, -0.1) is 0 Å². The molecule has 1 aromatic heterocycles. The van der Waals surface area contributed by atoms with Crippen molar-refractivity contribution in [2.45, 2.75) is 6.54 Å². The SMILES string of the molecule is Cn1ccc(NCc2cccc(Cl)c2O)n1. The van der Waals surface area contributed by atoms with Gasteiger partial charge in [-0.25, -0.2) is 0 Å². The maximum atomic E-state index is 9.68. The Morgan fingerprint density at radius 3 is 2.94 bits per heavy atom. The molecule has 0 radical (unpaired) electrons. The van der Waals surface area contributed by atoms with Crippen LogP contribution in [0.5, 0.6) is 5.75 Å². The number of nitrogens with one attached hydrogen (secondary N) is 1. The van der Waals surface area contributed by atoms with Gasteiger partial charge in [0, 0.05) is 31.4 Å². The largest absolute Gasteiger partial charge is 0.506 e. The molecule has 1 heterocycles. The lowest BCUT2D eigenvalue weighted by atomic mass is 10.2. The lowest BCUT2D eigenvalue weighted by Gasteiger charge is -2.06. The van der Waals surface area contributed by atoms with E-state index in [1.165, 1.54) is 0 Å². The Bertz CT molecular complexity index is 496. The van der Waals surface area contributed by atoms with Gasteiger partial charge in [-0.05, 0) is 6.07 Å². The molecule has 0 spiro atoms. The molecule has 2 N–H and O–H groups in total. The van der Waals surface area contributed by atoms with E-state index in [0.29, 0.717) is 11.6 Å². The molecule has 0 aliphatic carbocycles. The number of phenols is 1. The summed E-state index contributed by atoms with van der Waals surface area (Å²) in [6, 6.07) is 7.14. The van der Waals surface area contributed by atoms with Crippen molar-refractivity contribution in [1.82, 2.24) is 9.78 Å². The number of phenolic OH excluding ortho intramolecular Hbond substituents is 1. The minimum atomic E-state index is 0.118. The monoisotopic (exact) mass is 237 g/mol. The molecule has 0 amide bonds. The van der Waals surface area contributed by atoms with Crippen molar-refractivity contribution in [2.24, 2.45) is 7.05 Å². The zero-order chi connectivity index (χ0) is 11.5. The van der Waals surface area contributed by atoms with Gasteiger partial charge >= 0.3 is 0 Å². The number of rotatable bonds is 3. The van der Waals surface area contributed by atoms with Crippen LogP contribution >= 0.6 is 11.6 Å². The maximum Gasteiger partial charge on any atom is 0.148 e. The molecule has 4 nitrogen and oxygen atoms in total. The molecule has 2 aromatic rings. The fourth-order valence-corrected chi connectivity index (χ4v) is 1.59. The predicted molar refractivity (Wildman–Crippen MR) is 63.7 cm³/mol. The third-order valence-electron chi connectivity index (χ3n) is 2.24. The fraction of sp³-hybridized carbons (Fsp3) is 0.182. The highest BCUT2D eigenvalue weighted by Gasteiger charge is 2.05. The summed E-state index contributed by atoms with van der Waals surface area (Å²) in [5, 5.41) is 17.3. The second-order valence-electron chi connectivity index (χ2n) is 3.48. The van der Waals surface area contributed by atoms with Crippen molar-refractivity contribution in [2.75, 3.05) is 5.32 Å². The minimum absolute atomic E-state index is 0.118. The maximum absolute atomic E-state index is 9.68. The molecule has 16 heavy (non-hydrogen) atoms. The molecule has 0 saturated heterocycles. The van der Waals surface area contributed by atoms with Crippen molar-refractivity contribution < 1.29 is 5.11 Å². The van der Waals surface area contributed by atoms with Crippen LogP contribution < -0.4 is 5.32 Å². The van der Waals surface area contributed by atoms with E-state index in [9.17, 15) is 5.11 Å². The van der Waals surface area contributed by atoms with E-state index >= 15 is 0 Å². The van der Waals surface area contributed by atoms with Gasteiger partial charge in [-0.1, -0.05) is 23.7 Å². The summed E-state index contributed by atoms with van der Waals surface area (Å²) < 4.78 is 1.71. The molecule has 0 unspecified atom stereocenters. The Hall–Kier alpha value is -1.68. The van der Waals surface area contributed by atoms with Crippen LogP contribution in [0.3, 0.4) is 0 Å². The van der Waals surface area contributed by atoms with Crippen molar-refractivity contribution >= 4 is 17.4 Å². The van der Waals surface area contributed by atoms with E-state index in [-0.39, 0.29) is 5.75 Å². The van der Waals surface area contributed by atoms with Crippen LogP contribution in [0.1, 0.15) is 5.56 Å². The van der Waals surface area contributed by atoms with Gasteiger partial charge in [-0.3, -0.25) is 4.68 Å². The molecule has 5 heteroatoms. The van der Waals surface area contributed by atoms with Gasteiger partial charge in [-0.2, -0.15) is 5.10 Å². The van der Waals surface area contributed by atoms with E-state index in [4.69, 9.17) is 11.6 Å². The van der Waals surface area contributed by atoms with E-state index < -0.39 is 0 Å². The fourth-order valence-electron chi connectivity index (χ4n) is 1.40. The third kappa shape index (κ3) is 2.28. The lowest BCUT2D eigenvalue weighted by molar-refractivity contribution is 0.469. The number of aryl methyl sites for hydroxylation is 1. The van der Waals surface area contributed by atoms with Crippen LogP contribution in [-0.4, -0.2) is 14.9 Å². The van der Waals surface area contributed by atoms with Crippen LogP contribution in [0.2, 0.25) is 5.02 Å². The summed E-state index contributed by atoms with van der Waals surface area (Å²) in [5.41, 5.74) is 0.748. The average molecular weight is 238 g/mol. The smallest absolute Gasteiger partial charge is 0.148 e. The van der Waals surface area contributed by atoms with Crippen LogP contribution in [0.15, 0.2) is 30.5 Å². The highest BCUT2D eigenvalue weighted by molar-refractivity contribution is 6.32.